The van der Waals surface area contributed by atoms with Crippen LogP contribution in [0.25, 0.3) is 0 Å². The molecule has 102 valence electrons. The van der Waals surface area contributed by atoms with Gasteiger partial charge in [-0.1, -0.05) is 12.1 Å². The molecule has 18 heavy (non-hydrogen) atoms. The highest BCUT2D eigenvalue weighted by Gasteiger charge is 2.49. The second-order valence-corrected chi connectivity index (χ2v) is 4.51. The molecule has 10 heteroatoms. The van der Waals surface area contributed by atoms with E-state index in [1.807, 2.05) is 0 Å². The van der Waals surface area contributed by atoms with Gasteiger partial charge < -0.3 is 4.18 Å². The molecule has 0 spiro atoms. The highest BCUT2D eigenvalue weighted by Crippen LogP contribution is 2.38. The molecule has 1 rings (SSSR count). The SMILES string of the molecule is O=S(=O)(Oc1ccccc1C(F)(F)F)C(F)(F)F. The minimum atomic E-state index is -6.13. The van der Waals surface area contributed by atoms with Gasteiger partial charge in [-0.2, -0.15) is 34.8 Å². The van der Waals surface area contributed by atoms with Gasteiger partial charge in [0.15, 0.2) is 5.75 Å². The van der Waals surface area contributed by atoms with Crippen molar-refractivity contribution in [2.75, 3.05) is 0 Å². The molecule has 0 heterocycles. The van der Waals surface area contributed by atoms with E-state index < -0.39 is 33.1 Å². The Balaban J connectivity index is 3.22. The van der Waals surface area contributed by atoms with Crippen molar-refractivity contribution in [3.05, 3.63) is 29.8 Å². The molecule has 0 radical (unpaired) electrons. The summed E-state index contributed by atoms with van der Waals surface area (Å²) >= 11 is 0. The molecule has 0 N–H and O–H groups in total. The van der Waals surface area contributed by atoms with Crippen LogP contribution < -0.4 is 4.18 Å². The topological polar surface area (TPSA) is 43.4 Å². The van der Waals surface area contributed by atoms with Gasteiger partial charge in [-0.3, -0.25) is 0 Å². The van der Waals surface area contributed by atoms with Gasteiger partial charge in [0.1, 0.15) is 0 Å². The number of para-hydroxylation sites is 1. The van der Waals surface area contributed by atoms with Crippen LogP contribution in [0.1, 0.15) is 5.56 Å². The zero-order chi connectivity index (χ0) is 14.2. The molecule has 0 amide bonds. The number of benzene rings is 1. The molecule has 0 aliphatic rings. The van der Waals surface area contributed by atoms with E-state index in [-0.39, 0.29) is 0 Å². The van der Waals surface area contributed by atoms with Gasteiger partial charge in [-0.15, -0.1) is 0 Å². The Kier molecular flexibility index (Phi) is 3.52. The summed E-state index contributed by atoms with van der Waals surface area (Å²) in [6.45, 7) is 0. The highest BCUT2D eigenvalue weighted by molar-refractivity contribution is 7.88. The second-order valence-electron chi connectivity index (χ2n) is 2.98. The summed E-state index contributed by atoms with van der Waals surface area (Å²) in [6.07, 6.45) is -5.03. The van der Waals surface area contributed by atoms with Gasteiger partial charge in [-0.05, 0) is 12.1 Å². The predicted octanol–water partition coefficient (Wildman–Crippen LogP) is 2.93. The molecule has 0 aromatic heterocycles. The highest BCUT2D eigenvalue weighted by atomic mass is 32.2. The first-order valence-corrected chi connectivity index (χ1v) is 5.53. The molecule has 0 bridgehead atoms. The monoisotopic (exact) mass is 294 g/mol. The van der Waals surface area contributed by atoms with Crippen LogP contribution in [0.2, 0.25) is 0 Å². The molecule has 0 atom stereocenters. The summed E-state index contributed by atoms with van der Waals surface area (Å²) < 4.78 is 97.6. The van der Waals surface area contributed by atoms with E-state index in [1.165, 1.54) is 0 Å². The lowest BCUT2D eigenvalue weighted by Crippen LogP contribution is -2.28. The zero-order valence-electron chi connectivity index (χ0n) is 8.21. The fourth-order valence-electron chi connectivity index (χ4n) is 0.939. The van der Waals surface area contributed by atoms with Gasteiger partial charge >= 0.3 is 21.8 Å². The Morgan fingerprint density at radius 3 is 1.89 bits per heavy atom. The molecule has 0 saturated heterocycles. The molecule has 0 saturated carbocycles. The van der Waals surface area contributed by atoms with Crippen LogP contribution in [0.3, 0.4) is 0 Å². The maximum absolute atomic E-state index is 12.4. The molecule has 0 aliphatic carbocycles. The van der Waals surface area contributed by atoms with Crippen LogP contribution >= 0.6 is 0 Å². The van der Waals surface area contributed by atoms with Gasteiger partial charge in [-0.25, -0.2) is 0 Å². The Labute approximate surface area is 97.1 Å². The van der Waals surface area contributed by atoms with Crippen molar-refractivity contribution in [3.63, 3.8) is 0 Å². The minimum absolute atomic E-state index is 0.404. The Hall–Kier alpha value is -1.45. The first kappa shape index (κ1) is 14.6. The lowest BCUT2D eigenvalue weighted by Gasteiger charge is -2.14. The van der Waals surface area contributed by atoms with E-state index in [4.69, 9.17) is 0 Å². The standard InChI is InChI=1S/C8H4F6O3S/c9-7(10,11)5-3-1-2-4-6(5)17-18(15,16)8(12,13)14/h1-4H. The van der Waals surface area contributed by atoms with Crippen molar-refractivity contribution < 1.29 is 38.9 Å². The fourth-order valence-corrected chi connectivity index (χ4v) is 1.42. The Bertz CT molecular complexity index is 530. The summed E-state index contributed by atoms with van der Waals surface area (Å²) in [5.41, 5.74) is -7.41. The van der Waals surface area contributed by atoms with Crippen molar-refractivity contribution in [2.45, 2.75) is 11.7 Å². The molecule has 1 aromatic rings. The first-order chi connectivity index (χ1) is 7.95. The van der Waals surface area contributed by atoms with Crippen LogP contribution in [-0.4, -0.2) is 13.9 Å². The van der Waals surface area contributed by atoms with E-state index in [9.17, 15) is 34.8 Å². The van der Waals surface area contributed by atoms with Gasteiger partial charge in [0.2, 0.25) is 0 Å². The van der Waals surface area contributed by atoms with Crippen LogP contribution in [0.4, 0.5) is 26.3 Å². The zero-order valence-corrected chi connectivity index (χ0v) is 9.03. The lowest BCUT2D eigenvalue weighted by molar-refractivity contribution is -0.138. The summed E-state index contributed by atoms with van der Waals surface area (Å²) in [7, 11) is -6.13. The third-order valence-corrected chi connectivity index (χ3v) is 2.64. The molecular weight excluding hydrogens is 290 g/mol. The molecular formula is C8H4F6O3S. The van der Waals surface area contributed by atoms with E-state index in [1.54, 1.807) is 0 Å². The number of hydrogen-bond donors (Lipinski definition) is 0. The first-order valence-electron chi connectivity index (χ1n) is 4.12. The van der Waals surface area contributed by atoms with E-state index in [2.05, 4.69) is 4.18 Å². The average Bonchev–Trinajstić information content (AvgIpc) is 2.14. The van der Waals surface area contributed by atoms with Crippen molar-refractivity contribution in [3.8, 4) is 5.75 Å². The summed E-state index contributed by atoms with van der Waals surface area (Å²) in [5.74, 6) is -1.43. The minimum Gasteiger partial charge on any atom is -0.375 e. The number of rotatable bonds is 2. The van der Waals surface area contributed by atoms with Crippen LogP contribution in [0.5, 0.6) is 5.75 Å². The van der Waals surface area contributed by atoms with E-state index in [0.717, 1.165) is 12.1 Å². The van der Waals surface area contributed by atoms with Crippen LogP contribution in [0, 0.1) is 0 Å². The molecule has 0 unspecified atom stereocenters. The van der Waals surface area contributed by atoms with Gasteiger partial charge in [0.05, 0.1) is 5.56 Å². The molecule has 0 fully saturated rings. The van der Waals surface area contributed by atoms with Crippen molar-refractivity contribution in [1.29, 1.82) is 0 Å². The largest absolute Gasteiger partial charge is 0.534 e. The maximum Gasteiger partial charge on any atom is 0.534 e. The van der Waals surface area contributed by atoms with Gasteiger partial charge in [0, 0.05) is 0 Å². The number of hydrogen-bond acceptors (Lipinski definition) is 3. The Morgan fingerprint density at radius 2 is 1.44 bits per heavy atom. The fraction of sp³-hybridized carbons (Fsp3) is 0.250. The van der Waals surface area contributed by atoms with Crippen molar-refractivity contribution in [1.82, 2.24) is 0 Å². The third kappa shape index (κ3) is 3.06. The summed E-state index contributed by atoms with van der Waals surface area (Å²) in [4.78, 5) is 0. The van der Waals surface area contributed by atoms with Crippen LogP contribution in [-0.2, 0) is 16.3 Å². The lowest BCUT2D eigenvalue weighted by atomic mass is 10.2. The normalized spacial score (nSPS) is 13.4. The summed E-state index contributed by atoms with van der Waals surface area (Å²) in [5, 5.41) is 0. The molecule has 3 nitrogen and oxygen atoms in total. The smallest absolute Gasteiger partial charge is 0.375 e. The van der Waals surface area contributed by atoms with Crippen molar-refractivity contribution in [2.24, 2.45) is 0 Å². The maximum atomic E-state index is 12.4. The second kappa shape index (κ2) is 4.34. The Morgan fingerprint density at radius 1 is 0.944 bits per heavy atom. The summed E-state index contributed by atoms with van der Waals surface area (Å²) in [6, 6.07) is 2.68. The molecule has 1 aromatic carbocycles. The van der Waals surface area contributed by atoms with E-state index >= 15 is 0 Å². The van der Waals surface area contributed by atoms with Gasteiger partial charge in [0.25, 0.3) is 0 Å². The molecule has 0 aliphatic heterocycles. The quantitative estimate of drug-likeness (QED) is 0.478. The average molecular weight is 294 g/mol. The number of halogens is 6. The predicted molar refractivity (Wildman–Crippen MR) is 47.0 cm³/mol. The number of alkyl halides is 6. The van der Waals surface area contributed by atoms with Crippen LogP contribution in [0.15, 0.2) is 24.3 Å². The van der Waals surface area contributed by atoms with Crippen molar-refractivity contribution >= 4 is 10.1 Å². The van der Waals surface area contributed by atoms with E-state index in [0.29, 0.717) is 12.1 Å². The third-order valence-electron chi connectivity index (χ3n) is 1.68.